The lowest BCUT2D eigenvalue weighted by Gasteiger charge is -2.11. The molecular weight excluding hydrogens is 324 g/mol. The van der Waals surface area contributed by atoms with E-state index in [1.165, 1.54) is 0 Å². The molecule has 4 nitrogen and oxygen atoms in total. The maximum absolute atomic E-state index is 12.5. The van der Waals surface area contributed by atoms with Crippen molar-refractivity contribution in [2.24, 2.45) is 0 Å². The molecule has 4 heteroatoms. The molecule has 0 heterocycles. The Morgan fingerprint density at radius 2 is 1.42 bits per heavy atom. The molecule has 0 radical (unpaired) electrons. The molecule has 3 rings (SSSR count). The average Bonchev–Trinajstić information content (AvgIpc) is 2.64. The van der Waals surface area contributed by atoms with Gasteiger partial charge in [-0.25, -0.2) is 0 Å². The van der Waals surface area contributed by atoms with Crippen LogP contribution >= 0.6 is 0 Å². The van der Waals surface area contributed by atoms with E-state index in [-0.39, 0.29) is 11.8 Å². The number of carbonyl (C=O) groups is 2. The predicted octanol–water partition coefficient (Wildman–Crippen LogP) is 4.81. The van der Waals surface area contributed by atoms with Crippen LogP contribution in [0.4, 0.5) is 11.4 Å². The first-order chi connectivity index (χ1) is 12.5. The van der Waals surface area contributed by atoms with Gasteiger partial charge in [0.2, 0.25) is 0 Å². The molecule has 0 aliphatic rings. The maximum atomic E-state index is 12.5. The Bertz CT molecular complexity index is 949. The molecule has 3 aromatic rings. The molecule has 26 heavy (non-hydrogen) atoms. The highest BCUT2D eigenvalue weighted by atomic mass is 16.2. The largest absolute Gasteiger partial charge is 0.322 e. The number of rotatable bonds is 4. The second-order valence-electron chi connectivity index (χ2n) is 6.17. The highest BCUT2D eigenvalue weighted by molar-refractivity contribution is 6.07. The van der Waals surface area contributed by atoms with Crippen LogP contribution in [0.25, 0.3) is 0 Å². The minimum atomic E-state index is -0.217. The minimum Gasteiger partial charge on any atom is -0.322 e. The van der Waals surface area contributed by atoms with Crippen LogP contribution in [0.1, 0.15) is 31.8 Å². The van der Waals surface area contributed by atoms with E-state index in [1.807, 2.05) is 62.4 Å². The summed E-state index contributed by atoms with van der Waals surface area (Å²) in [6.45, 7) is 3.86. The van der Waals surface area contributed by atoms with E-state index < -0.39 is 0 Å². The topological polar surface area (TPSA) is 58.2 Å². The normalized spacial score (nSPS) is 10.2. The molecule has 2 N–H and O–H groups in total. The number of nitrogens with one attached hydrogen (secondary N) is 2. The van der Waals surface area contributed by atoms with Gasteiger partial charge in [-0.15, -0.1) is 0 Å². The molecule has 0 saturated carbocycles. The summed E-state index contributed by atoms with van der Waals surface area (Å²) in [4.78, 5) is 24.9. The van der Waals surface area contributed by atoms with Crippen LogP contribution in [0.15, 0.2) is 72.8 Å². The lowest BCUT2D eigenvalue weighted by Crippen LogP contribution is -2.15. The summed E-state index contributed by atoms with van der Waals surface area (Å²) in [5.41, 5.74) is 4.38. The molecule has 0 unspecified atom stereocenters. The van der Waals surface area contributed by atoms with Crippen LogP contribution in [0.3, 0.4) is 0 Å². The Kier molecular flexibility index (Phi) is 5.13. The number of hydrogen-bond acceptors (Lipinski definition) is 2. The van der Waals surface area contributed by atoms with Crippen LogP contribution in [-0.2, 0) is 0 Å². The van der Waals surface area contributed by atoms with E-state index in [0.29, 0.717) is 16.8 Å². The molecule has 0 bridgehead atoms. The fourth-order valence-electron chi connectivity index (χ4n) is 2.61. The van der Waals surface area contributed by atoms with Crippen molar-refractivity contribution in [2.75, 3.05) is 10.6 Å². The fourth-order valence-corrected chi connectivity index (χ4v) is 2.61. The molecular formula is C22H20N2O2. The van der Waals surface area contributed by atoms with Gasteiger partial charge in [0.15, 0.2) is 0 Å². The third-order valence-electron chi connectivity index (χ3n) is 4.06. The van der Waals surface area contributed by atoms with Crippen LogP contribution in [0.5, 0.6) is 0 Å². The smallest absolute Gasteiger partial charge is 0.255 e. The van der Waals surface area contributed by atoms with Gasteiger partial charge in [0.25, 0.3) is 11.8 Å². The molecule has 0 aliphatic heterocycles. The molecule has 0 aliphatic carbocycles. The summed E-state index contributed by atoms with van der Waals surface area (Å²) in [7, 11) is 0. The number of amides is 2. The van der Waals surface area contributed by atoms with Crippen molar-refractivity contribution in [3.05, 3.63) is 95.1 Å². The number of hydrogen-bond donors (Lipinski definition) is 2. The molecule has 0 spiro atoms. The first-order valence-electron chi connectivity index (χ1n) is 8.38. The Balaban J connectivity index is 1.79. The van der Waals surface area contributed by atoms with Crippen molar-refractivity contribution >= 4 is 23.2 Å². The van der Waals surface area contributed by atoms with Gasteiger partial charge >= 0.3 is 0 Å². The summed E-state index contributed by atoms with van der Waals surface area (Å²) in [5, 5.41) is 5.75. The first kappa shape index (κ1) is 17.4. The monoisotopic (exact) mass is 344 g/mol. The zero-order chi connectivity index (χ0) is 18.5. The van der Waals surface area contributed by atoms with Crippen molar-refractivity contribution in [3.8, 4) is 0 Å². The Morgan fingerprint density at radius 1 is 0.692 bits per heavy atom. The van der Waals surface area contributed by atoms with Gasteiger partial charge in [0.1, 0.15) is 0 Å². The van der Waals surface area contributed by atoms with Crippen LogP contribution in [0, 0.1) is 13.8 Å². The summed E-state index contributed by atoms with van der Waals surface area (Å²) in [6.07, 6.45) is 0. The van der Waals surface area contributed by atoms with Crippen molar-refractivity contribution in [1.29, 1.82) is 0 Å². The zero-order valence-corrected chi connectivity index (χ0v) is 14.7. The van der Waals surface area contributed by atoms with Crippen LogP contribution < -0.4 is 10.6 Å². The van der Waals surface area contributed by atoms with E-state index in [4.69, 9.17) is 0 Å². The standard InChI is InChI=1S/C22H20N2O2/c1-15-7-6-10-19(13-15)23-22(26)18-12-11-16(2)20(14-18)24-21(25)17-8-4-3-5-9-17/h3-14H,1-2H3,(H,23,26)(H,24,25). The van der Waals surface area contributed by atoms with Gasteiger partial charge < -0.3 is 10.6 Å². The van der Waals surface area contributed by atoms with Crippen molar-refractivity contribution in [1.82, 2.24) is 0 Å². The molecule has 0 fully saturated rings. The number of anilines is 2. The highest BCUT2D eigenvalue weighted by Gasteiger charge is 2.11. The van der Waals surface area contributed by atoms with Crippen LogP contribution in [0.2, 0.25) is 0 Å². The zero-order valence-electron chi connectivity index (χ0n) is 14.7. The fraction of sp³-hybridized carbons (Fsp3) is 0.0909. The van der Waals surface area contributed by atoms with Gasteiger partial charge in [0.05, 0.1) is 0 Å². The summed E-state index contributed by atoms with van der Waals surface area (Å²) >= 11 is 0. The number of carbonyl (C=O) groups excluding carboxylic acids is 2. The lowest BCUT2D eigenvalue weighted by atomic mass is 10.1. The predicted molar refractivity (Wildman–Crippen MR) is 105 cm³/mol. The quantitative estimate of drug-likeness (QED) is 0.714. The van der Waals surface area contributed by atoms with Gasteiger partial charge in [0, 0.05) is 22.5 Å². The first-order valence-corrected chi connectivity index (χ1v) is 8.38. The van der Waals surface area contributed by atoms with Crippen molar-refractivity contribution in [3.63, 3.8) is 0 Å². The summed E-state index contributed by atoms with van der Waals surface area (Å²) in [6, 6.07) is 21.9. The van der Waals surface area contributed by atoms with Gasteiger partial charge in [-0.3, -0.25) is 9.59 Å². The molecule has 0 aromatic heterocycles. The van der Waals surface area contributed by atoms with E-state index in [9.17, 15) is 9.59 Å². The van der Waals surface area contributed by atoms with Crippen molar-refractivity contribution < 1.29 is 9.59 Å². The number of aryl methyl sites for hydroxylation is 2. The molecule has 0 saturated heterocycles. The highest BCUT2D eigenvalue weighted by Crippen LogP contribution is 2.19. The average molecular weight is 344 g/mol. The van der Waals surface area contributed by atoms with E-state index in [1.54, 1.807) is 24.3 Å². The second-order valence-corrected chi connectivity index (χ2v) is 6.17. The van der Waals surface area contributed by atoms with E-state index in [2.05, 4.69) is 10.6 Å². The van der Waals surface area contributed by atoms with Gasteiger partial charge in [-0.05, 0) is 61.4 Å². The summed E-state index contributed by atoms with van der Waals surface area (Å²) < 4.78 is 0. The van der Waals surface area contributed by atoms with Crippen molar-refractivity contribution in [2.45, 2.75) is 13.8 Å². The van der Waals surface area contributed by atoms with Gasteiger partial charge in [-0.1, -0.05) is 36.4 Å². The third kappa shape index (κ3) is 4.16. The summed E-state index contributed by atoms with van der Waals surface area (Å²) in [5.74, 6) is -0.421. The Morgan fingerprint density at radius 3 is 2.15 bits per heavy atom. The van der Waals surface area contributed by atoms with Crippen LogP contribution in [-0.4, -0.2) is 11.8 Å². The Hall–Kier alpha value is -3.40. The SMILES string of the molecule is Cc1cccc(NC(=O)c2ccc(C)c(NC(=O)c3ccccc3)c2)c1. The maximum Gasteiger partial charge on any atom is 0.255 e. The third-order valence-corrected chi connectivity index (χ3v) is 4.06. The lowest BCUT2D eigenvalue weighted by molar-refractivity contribution is 0.101. The molecule has 130 valence electrons. The van der Waals surface area contributed by atoms with E-state index >= 15 is 0 Å². The molecule has 0 atom stereocenters. The van der Waals surface area contributed by atoms with Gasteiger partial charge in [-0.2, -0.15) is 0 Å². The molecule has 2 amide bonds. The van der Waals surface area contributed by atoms with E-state index in [0.717, 1.165) is 16.8 Å². The Labute approximate surface area is 152 Å². The molecule has 3 aromatic carbocycles. The minimum absolute atomic E-state index is 0.204. The number of benzene rings is 3. The second kappa shape index (κ2) is 7.66.